The van der Waals surface area contributed by atoms with Crippen LogP contribution in [0.5, 0.6) is 0 Å². The van der Waals surface area contributed by atoms with Crippen LogP contribution in [0.4, 0.5) is 0 Å². The molecule has 0 radical (unpaired) electrons. The lowest BCUT2D eigenvalue weighted by molar-refractivity contribution is 0.512. The summed E-state index contributed by atoms with van der Waals surface area (Å²) in [4.78, 5) is 5.67. The summed E-state index contributed by atoms with van der Waals surface area (Å²) in [5.41, 5.74) is 1.28. The molecule has 0 bridgehead atoms. The van der Waals surface area contributed by atoms with Gasteiger partial charge in [-0.25, -0.2) is 4.98 Å². The molecule has 0 saturated carbocycles. The van der Waals surface area contributed by atoms with E-state index in [9.17, 15) is 0 Å². The van der Waals surface area contributed by atoms with Crippen LogP contribution in [0.3, 0.4) is 0 Å². The van der Waals surface area contributed by atoms with Crippen LogP contribution >= 0.6 is 11.3 Å². The molecular weight excluding hydrogens is 244 g/mol. The van der Waals surface area contributed by atoms with E-state index in [2.05, 4.69) is 35.3 Å². The van der Waals surface area contributed by atoms with Crippen LogP contribution < -0.4 is 5.32 Å². The zero-order chi connectivity index (χ0) is 13.0. The Labute approximate surface area is 112 Å². The van der Waals surface area contributed by atoms with E-state index in [1.807, 2.05) is 24.1 Å². The topological polar surface area (TPSA) is 42.7 Å². The lowest BCUT2D eigenvalue weighted by Crippen LogP contribution is -2.21. The van der Waals surface area contributed by atoms with Crippen LogP contribution in [-0.2, 0) is 13.5 Å². The first-order chi connectivity index (χ1) is 8.70. The van der Waals surface area contributed by atoms with Crippen molar-refractivity contribution in [1.29, 1.82) is 0 Å². The Morgan fingerprint density at radius 1 is 1.50 bits per heavy atom. The van der Waals surface area contributed by atoms with Gasteiger partial charge in [0.1, 0.15) is 0 Å². The van der Waals surface area contributed by atoms with Gasteiger partial charge in [0, 0.05) is 36.1 Å². The summed E-state index contributed by atoms with van der Waals surface area (Å²) in [6, 6.07) is 2.48. The van der Waals surface area contributed by atoms with Gasteiger partial charge < -0.3 is 5.32 Å². The number of nitrogens with one attached hydrogen (secondary N) is 1. The average Bonchev–Trinajstić information content (AvgIpc) is 2.94. The molecule has 2 aromatic heterocycles. The van der Waals surface area contributed by atoms with Gasteiger partial charge in [-0.3, -0.25) is 4.68 Å². The van der Waals surface area contributed by atoms with Crippen LogP contribution in [0.1, 0.15) is 35.0 Å². The van der Waals surface area contributed by atoms with Gasteiger partial charge in [-0.1, -0.05) is 6.92 Å². The molecule has 2 aromatic rings. The second-order valence-corrected chi connectivity index (χ2v) is 5.64. The summed E-state index contributed by atoms with van der Waals surface area (Å²) < 4.78 is 1.95. The molecule has 2 rings (SSSR count). The van der Waals surface area contributed by atoms with E-state index >= 15 is 0 Å². The van der Waals surface area contributed by atoms with Gasteiger partial charge in [0.2, 0.25) is 0 Å². The minimum Gasteiger partial charge on any atom is -0.309 e. The van der Waals surface area contributed by atoms with Gasteiger partial charge in [0.25, 0.3) is 0 Å². The maximum absolute atomic E-state index is 4.34. The van der Waals surface area contributed by atoms with Gasteiger partial charge >= 0.3 is 0 Å². The molecule has 2 heterocycles. The SMILES string of the molecule is CCNC(CCc1ccnn1C)c1cnc(C)s1. The second kappa shape index (κ2) is 6.11. The Kier molecular flexibility index (Phi) is 4.49. The molecule has 0 aliphatic rings. The normalized spacial score (nSPS) is 12.8. The fourth-order valence-corrected chi connectivity index (χ4v) is 2.96. The van der Waals surface area contributed by atoms with Crippen molar-refractivity contribution in [3.8, 4) is 0 Å². The number of hydrogen-bond donors (Lipinski definition) is 1. The van der Waals surface area contributed by atoms with E-state index in [1.54, 1.807) is 11.3 Å². The lowest BCUT2D eigenvalue weighted by Gasteiger charge is -2.15. The maximum atomic E-state index is 4.34. The van der Waals surface area contributed by atoms with Gasteiger partial charge in [-0.2, -0.15) is 5.10 Å². The van der Waals surface area contributed by atoms with Crippen molar-refractivity contribution in [3.63, 3.8) is 0 Å². The highest BCUT2D eigenvalue weighted by Gasteiger charge is 2.13. The molecule has 1 atom stereocenters. The standard InChI is InChI=1S/C13H20N4S/c1-4-14-12(13-9-15-10(2)18-13)6-5-11-7-8-16-17(11)3/h7-9,12,14H,4-6H2,1-3H3. The van der Waals surface area contributed by atoms with E-state index in [-0.39, 0.29) is 0 Å². The Balaban J connectivity index is 2.01. The monoisotopic (exact) mass is 264 g/mol. The van der Waals surface area contributed by atoms with E-state index in [0.29, 0.717) is 6.04 Å². The number of hydrogen-bond acceptors (Lipinski definition) is 4. The van der Waals surface area contributed by atoms with Crippen LogP contribution in [0.25, 0.3) is 0 Å². The summed E-state index contributed by atoms with van der Waals surface area (Å²) >= 11 is 1.78. The Morgan fingerprint density at radius 3 is 2.89 bits per heavy atom. The van der Waals surface area contributed by atoms with Crippen molar-refractivity contribution in [3.05, 3.63) is 34.0 Å². The number of thiazole rings is 1. The quantitative estimate of drug-likeness (QED) is 0.871. The van der Waals surface area contributed by atoms with Crippen LogP contribution in [0.15, 0.2) is 18.5 Å². The molecule has 0 aliphatic carbocycles. The summed E-state index contributed by atoms with van der Waals surface area (Å²) in [5.74, 6) is 0. The molecular formula is C13H20N4S. The van der Waals surface area contributed by atoms with Crippen molar-refractivity contribution in [2.75, 3.05) is 6.54 Å². The summed E-state index contributed by atoms with van der Waals surface area (Å²) in [7, 11) is 1.99. The minimum atomic E-state index is 0.399. The van der Waals surface area contributed by atoms with Crippen molar-refractivity contribution in [2.45, 2.75) is 32.7 Å². The Morgan fingerprint density at radius 2 is 2.33 bits per heavy atom. The molecule has 0 fully saturated rings. The molecule has 0 saturated heterocycles. The van der Waals surface area contributed by atoms with Crippen LogP contribution in [0, 0.1) is 6.92 Å². The van der Waals surface area contributed by atoms with E-state index < -0.39 is 0 Å². The van der Waals surface area contributed by atoms with Gasteiger partial charge in [-0.05, 0) is 32.4 Å². The van der Waals surface area contributed by atoms with Crippen LogP contribution in [-0.4, -0.2) is 21.3 Å². The summed E-state index contributed by atoms with van der Waals surface area (Å²) in [6.07, 6.45) is 5.96. The third-order valence-corrected chi connectivity index (χ3v) is 4.07. The van der Waals surface area contributed by atoms with Gasteiger partial charge in [0.15, 0.2) is 0 Å². The fourth-order valence-electron chi connectivity index (χ4n) is 2.07. The first-order valence-corrected chi connectivity index (χ1v) is 7.15. The maximum Gasteiger partial charge on any atom is 0.0897 e. The van der Waals surface area contributed by atoms with Crippen LogP contribution in [0.2, 0.25) is 0 Å². The molecule has 0 aliphatic heterocycles. The molecule has 1 N–H and O–H groups in total. The molecule has 0 spiro atoms. The fraction of sp³-hybridized carbons (Fsp3) is 0.538. The third kappa shape index (κ3) is 3.17. The highest BCUT2D eigenvalue weighted by molar-refractivity contribution is 7.11. The molecule has 98 valence electrons. The molecule has 4 nitrogen and oxygen atoms in total. The number of nitrogens with zero attached hydrogens (tertiary/aromatic N) is 3. The Hall–Kier alpha value is -1.20. The van der Waals surface area contributed by atoms with Gasteiger partial charge in [-0.15, -0.1) is 11.3 Å². The number of rotatable bonds is 6. The summed E-state index contributed by atoms with van der Waals surface area (Å²) in [5, 5.41) is 8.87. The zero-order valence-corrected chi connectivity index (χ0v) is 12.0. The molecule has 0 amide bonds. The van der Waals surface area contributed by atoms with Crippen molar-refractivity contribution in [2.24, 2.45) is 7.05 Å². The smallest absolute Gasteiger partial charge is 0.0897 e. The van der Waals surface area contributed by atoms with Crippen molar-refractivity contribution in [1.82, 2.24) is 20.1 Å². The first-order valence-electron chi connectivity index (χ1n) is 6.33. The molecule has 5 heteroatoms. The van der Waals surface area contributed by atoms with Gasteiger partial charge in [0.05, 0.1) is 5.01 Å². The van der Waals surface area contributed by atoms with Crippen molar-refractivity contribution >= 4 is 11.3 Å². The lowest BCUT2D eigenvalue weighted by atomic mass is 10.1. The van der Waals surface area contributed by atoms with Crippen molar-refractivity contribution < 1.29 is 0 Å². The molecule has 18 heavy (non-hydrogen) atoms. The first kappa shape index (κ1) is 13.2. The minimum absolute atomic E-state index is 0.399. The zero-order valence-electron chi connectivity index (χ0n) is 11.2. The predicted octanol–water partition coefficient (Wildman–Crippen LogP) is 2.47. The van der Waals surface area contributed by atoms with E-state index in [1.165, 1.54) is 10.6 Å². The summed E-state index contributed by atoms with van der Waals surface area (Å²) in [6.45, 7) is 5.18. The molecule has 0 aromatic carbocycles. The predicted molar refractivity (Wildman–Crippen MR) is 74.8 cm³/mol. The number of aryl methyl sites for hydroxylation is 3. The number of aromatic nitrogens is 3. The van der Waals surface area contributed by atoms with E-state index in [4.69, 9.17) is 0 Å². The second-order valence-electron chi connectivity index (χ2n) is 4.38. The largest absolute Gasteiger partial charge is 0.309 e. The Bertz CT molecular complexity index is 489. The third-order valence-electron chi connectivity index (χ3n) is 3.04. The highest BCUT2D eigenvalue weighted by atomic mass is 32.1. The highest BCUT2D eigenvalue weighted by Crippen LogP contribution is 2.24. The average molecular weight is 264 g/mol. The van der Waals surface area contributed by atoms with E-state index in [0.717, 1.165) is 24.4 Å². The molecule has 1 unspecified atom stereocenters.